The quantitative estimate of drug-likeness (QED) is 0.614. The smallest absolute Gasteiger partial charge is 0.338 e. The first-order chi connectivity index (χ1) is 16.1. The summed E-state index contributed by atoms with van der Waals surface area (Å²) in [6, 6.07) is 7.18. The third-order valence-corrected chi connectivity index (χ3v) is 6.92. The van der Waals surface area contributed by atoms with E-state index in [1.807, 2.05) is 24.3 Å². The molecule has 0 radical (unpaired) electrons. The summed E-state index contributed by atoms with van der Waals surface area (Å²) in [5.41, 5.74) is 1.87. The summed E-state index contributed by atoms with van der Waals surface area (Å²) in [4.78, 5) is 30.6. The monoisotopic (exact) mass is 456 g/mol. The zero-order chi connectivity index (χ0) is 23.2. The van der Waals surface area contributed by atoms with Gasteiger partial charge >= 0.3 is 12.0 Å². The number of methoxy groups -OCH3 is 1. The van der Waals surface area contributed by atoms with Gasteiger partial charge in [0.15, 0.2) is 0 Å². The van der Waals surface area contributed by atoms with Gasteiger partial charge in [-0.15, -0.1) is 0 Å². The maximum absolute atomic E-state index is 13.0. The second-order valence-corrected chi connectivity index (χ2v) is 9.02. The number of likely N-dealkylation sites (tertiary alicyclic amines) is 2. The number of piperidine rings is 2. The molecule has 2 amide bonds. The highest BCUT2D eigenvalue weighted by molar-refractivity contribution is 5.95. The van der Waals surface area contributed by atoms with Crippen molar-refractivity contribution in [1.29, 1.82) is 0 Å². The minimum atomic E-state index is -0.589. The fraction of sp³-hybridized carbons (Fsp3) is 0.600. The number of carbonyl (C=O) groups is 2. The van der Waals surface area contributed by atoms with Gasteiger partial charge in [0, 0.05) is 31.4 Å². The molecular weight excluding hydrogens is 420 g/mol. The van der Waals surface area contributed by atoms with Gasteiger partial charge in [-0.2, -0.15) is 0 Å². The topological polar surface area (TPSA) is 83.1 Å². The molecule has 2 N–H and O–H groups in total. The number of nitrogens with one attached hydrogen (secondary N) is 2. The first-order valence-corrected chi connectivity index (χ1v) is 12.2. The van der Waals surface area contributed by atoms with Crippen LogP contribution in [0.4, 0.5) is 4.79 Å². The van der Waals surface area contributed by atoms with Gasteiger partial charge in [0.1, 0.15) is 5.75 Å². The number of hydrogen-bond donors (Lipinski definition) is 2. The molecular formula is C25H36N4O4. The molecule has 1 aromatic rings. The third-order valence-electron chi connectivity index (χ3n) is 6.92. The Balaban J connectivity index is 1.53. The highest BCUT2D eigenvalue weighted by atomic mass is 16.5. The Morgan fingerprint density at radius 3 is 2.58 bits per heavy atom. The lowest BCUT2D eigenvalue weighted by molar-refractivity contribution is -0.139. The molecule has 0 spiro atoms. The Bertz CT molecular complexity index is 873. The van der Waals surface area contributed by atoms with Gasteiger partial charge in [0.2, 0.25) is 0 Å². The van der Waals surface area contributed by atoms with E-state index in [1.54, 1.807) is 14.0 Å². The number of benzene rings is 1. The number of carbonyl (C=O) groups excluding carboxylic acids is 2. The van der Waals surface area contributed by atoms with Crippen molar-refractivity contribution >= 4 is 12.0 Å². The summed E-state index contributed by atoms with van der Waals surface area (Å²) in [7, 11) is 1.60. The van der Waals surface area contributed by atoms with Crippen LogP contribution in [0.15, 0.2) is 35.5 Å². The first-order valence-electron chi connectivity index (χ1n) is 12.2. The third kappa shape index (κ3) is 5.68. The van der Waals surface area contributed by atoms with Crippen molar-refractivity contribution in [1.82, 2.24) is 20.4 Å². The fourth-order valence-corrected chi connectivity index (χ4v) is 5.21. The van der Waals surface area contributed by atoms with E-state index >= 15 is 0 Å². The van der Waals surface area contributed by atoms with Crippen LogP contribution in [0.25, 0.3) is 0 Å². The van der Waals surface area contributed by atoms with Gasteiger partial charge in [-0.25, -0.2) is 9.59 Å². The van der Waals surface area contributed by atoms with E-state index < -0.39 is 12.0 Å². The van der Waals surface area contributed by atoms with Crippen LogP contribution < -0.4 is 15.4 Å². The number of urea groups is 1. The van der Waals surface area contributed by atoms with Crippen LogP contribution in [0.1, 0.15) is 50.6 Å². The number of hydrogen-bond acceptors (Lipinski definition) is 6. The predicted molar refractivity (Wildman–Crippen MR) is 126 cm³/mol. The number of ether oxygens (including phenoxy) is 2. The summed E-state index contributed by atoms with van der Waals surface area (Å²) in [5.74, 6) is 0.265. The SMILES string of the molecule is CCOC(=O)C1=C(CN2CCC(N3CCCCC3)CC2)NC(=O)N[C@@H]1c1cccc(OC)c1. The molecule has 0 bridgehead atoms. The number of nitrogens with zero attached hydrogens (tertiary/aromatic N) is 2. The predicted octanol–water partition coefficient (Wildman–Crippen LogP) is 2.82. The molecule has 33 heavy (non-hydrogen) atoms. The molecule has 8 nitrogen and oxygen atoms in total. The fourth-order valence-electron chi connectivity index (χ4n) is 5.21. The van der Waals surface area contributed by atoms with Gasteiger partial charge in [-0.1, -0.05) is 18.6 Å². The molecule has 180 valence electrons. The number of amides is 2. The molecule has 2 saturated heterocycles. The highest BCUT2D eigenvalue weighted by Crippen LogP contribution is 2.31. The summed E-state index contributed by atoms with van der Waals surface area (Å²) < 4.78 is 10.7. The van der Waals surface area contributed by atoms with Gasteiger partial charge in [-0.3, -0.25) is 4.90 Å². The van der Waals surface area contributed by atoms with Crippen LogP contribution in [0.5, 0.6) is 5.75 Å². The van der Waals surface area contributed by atoms with E-state index in [2.05, 4.69) is 20.4 Å². The Morgan fingerprint density at radius 1 is 1.12 bits per heavy atom. The summed E-state index contributed by atoms with van der Waals surface area (Å²) in [6.45, 7) is 6.92. The molecule has 0 aliphatic carbocycles. The van der Waals surface area contributed by atoms with Crippen LogP contribution in [-0.4, -0.2) is 74.3 Å². The van der Waals surface area contributed by atoms with Crippen molar-refractivity contribution in [2.45, 2.75) is 51.1 Å². The standard InChI is InChI=1S/C25H36N4O4/c1-3-33-24(30)22-21(17-28-14-10-19(11-15-28)29-12-5-4-6-13-29)26-25(31)27-23(22)18-8-7-9-20(16-18)32-2/h7-9,16,19,23H,3-6,10-15,17H2,1-2H3,(H2,26,27,31)/t23-/m1/s1. The Kier molecular flexibility index (Phi) is 7.88. The van der Waals surface area contributed by atoms with Crippen LogP contribution in [0.2, 0.25) is 0 Å². The van der Waals surface area contributed by atoms with Crippen molar-refractivity contribution in [3.63, 3.8) is 0 Å². The van der Waals surface area contributed by atoms with E-state index in [0.717, 1.165) is 31.5 Å². The molecule has 0 saturated carbocycles. The van der Waals surface area contributed by atoms with Gasteiger partial charge in [-0.05, 0) is 63.4 Å². The summed E-state index contributed by atoms with van der Waals surface area (Å²) in [5, 5.41) is 5.80. The zero-order valence-corrected chi connectivity index (χ0v) is 19.8. The Hall–Kier alpha value is -2.58. The van der Waals surface area contributed by atoms with Crippen LogP contribution in [-0.2, 0) is 9.53 Å². The number of esters is 1. The second-order valence-electron chi connectivity index (χ2n) is 9.02. The minimum absolute atomic E-state index is 0.273. The van der Waals surface area contributed by atoms with Gasteiger partial charge in [0.25, 0.3) is 0 Å². The average molecular weight is 457 g/mol. The van der Waals surface area contributed by atoms with Gasteiger partial charge in [0.05, 0.1) is 25.3 Å². The maximum Gasteiger partial charge on any atom is 0.338 e. The lowest BCUT2D eigenvalue weighted by Crippen LogP contribution is -2.51. The van der Waals surface area contributed by atoms with E-state index in [0.29, 0.717) is 29.6 Å². The van der Waals surface area contributed by atoms with Crippen molar-refractivity contribution < 1.29 is 19.1 Å². The largest absolute Gasteiger partial charge is 0.497 e. The van der Waals surface area contributed by atoms with Gasteiger partial charge < -0.3 is 25.0 Å². The van der Waals surface area contributed by atoms with E-state index in [9.17, 15) is 9.59 Å². The average Bonchev–Trinajstić information content (AvgIpc) is 2.85. The molecule has 1 atom stereocenters. The first kappa shape index (κ1) is 23.6. The van der Waals surface area contributed by atoms with E-state index in [4.69, 9.17) is 9.47 Å². The lowest BCUT2D eigenvalue weighted by Gasteiger charge is -2.41. The molecule has 3 aliphatic rings. The maximum atomic E-state index is 13.0. The molecule has 3 aliphatic heterocycles. The van der Waals surface area contributed by atoms with Crippen molar-refractivity contribution in [3.8, 4) is 5.75 Å². The Labute approximate surface area is 196 Å². The minimum Gasteiger partial charge on any atom is -0.497 e. The van der Waals surface area contributed by atoms with Crippen molar-refractivity contribution in [2.75, 3.05) is 46.4 Å². The lowest BCUT2D eigenvalue weighted by atomic mass is 9.94. The van der Waals surface area contributed by atoms with E-state index in [1.165, 1.54) is 32.4 Å². The van der Waals surface area contributed by atoms with Crippen LogP contribution in [0, 0.1) is 0 Å². The molecule has 0 aromatic heterocycles. The molecule has 8 heteroatoms. The molecule has 2 fully saturated rings. The zero-order valence-electron chi connectivity index (χ0n) is 19.8. The molecule has 0 unspecified atom stereocenters. The van der Waals surface area contributed by atoms with Crippen molar-refractivity contribution in [3.05, 3.63) is 41.1 Å². The number of rotatable bonds is 7. The van der Waals surface area contributed by atoms with Crippen LogP contribution >= 0.6 is 0 Å². The Morgan fingerprint density at radius 2 is 1.88 bits per heavy atom. The normalized spacial score (nSPS) is 23.1. The van der Waals surface area contributed by atoms with Crippen molar-refractivity contribution in [2.24, 2.45) is 0 Å². The molecule has 3 heterocycles. The highest BCUT2D eigenvalue weighted by Gasteiger charge is 2.35. The summed E-state index contributed by atoms with van der Waals surface area (Å²) in [6.07, 6.45) is 6.20. The molecule has 1 aromatic carbocycles. The van der Waals surface area contributed by atoms with E-state index in [-0.39, 0.29) is 12.6 Å². The second kappa shape index (κ2) is 11.0. The molecule has 4 rings (SSSR count). The summed E-state index contributed by atoms with van der Waals surface area (Å²) >= 11 is 0. The van der Waals surface area contributed by atoms with Crippen LogP contribution in [0.3, 0.4) is 0 Å².